The number of carbonyl (C=O) groups is 1. The summed E-state index contributed by atoms with van der Waals surface area (Å²) in [4.78, 5) is 11.9. The highest BCUT2D eigenvalue weighted by atomic mass is 127. The Bertz CT molecular complexity index is 347. The largest absolute Gasteiger partial charge is 0.294 e. The lowest BCUT2D eigenvalue weighted by Crippen LogP contribution is -2.01. The molecule has 1 nitrogen and oxygen atoms in total. The van der Waals surface area contributed by atoms with E-state index in [0.717, 1.165) is 15.6 Å². The van der Waals surface area contributed by atoms with Gasteiger partial charge in [-0.1, -0.05) is 57.2 Å². The van der Waals surface area contributed by atoms with Crippen LogP contribution in [0.25, 0.3) is 0 Å². The predicted octanol–water partition coefficient (Wildman–Crippen LogP) is 5.22. The molecule has 0 fully saturated rings. The summed E-state index contributed by atoms with van der Waals surface area (Å²) in [6, 6.07) is 7.84. The molecule has 2 heteroatoms. The lowest BCUT2D eigenvalue weighted by Gasteiger charge is -2.03. The molecule has 0 saturated carbocycles. The number of hydrogen-bond acceptors (Lipinski definition) is 1. The van der Waals surface area contributed by atoms with Gasteiger partial charge in [-0.25, -0.2) is 0 Å². The van der Waals surface area contributed by atoms with Crippen molar-refractivity contribution in [1.82, 2.24) is 0 Å². The van der Waals surface area contributed by atoms with Crippen LogP contribution in [0.3, 0.4) is 0 Å². The Hall–Kier alpha value is -0.380. The van der Waals surface area contributed by atoms with E-state index in [1.165, 1.54) is 32.1 Å². The summed E-state index contributed by atoms with van der Waals surface area (Å²) < 4.78 is 1.07. The van der Waals surface area contributed by atoms with Gasteiger partial charge in [0.15, 0.2) is 5.78 Å². The minimum Gasteiger partial charge on any atom is -0.294 e. The molecule has 0 heterocycles. The maximum absolute atomic E-state index is 11.9. The molecule has 17 heavy (non-hydrogen) atoms. The number of carbonyl (C=O) groups excluding carboxylic acids is 1. The van der Waals surface area contributed by atoms with E-state index in [9.17, 15) is 4.79 Å². The van der Waals surface area contributed by atoms with Gasteiger partial charge in [-0.2, -0.15) is 0 Å². The Balaban J connectivity index is 2.24. The fourth-order valence-corrected chi connectivity index (χ4v) is 2.58. The minimum absolute atomic E-state index is 0.297. The zero-order valence-electron chi connectivity index (χ0n) is 10.5. The Labute approximate surface area is 118 Å². The molecule has 0 bridgehead atoms. The van der Waals surface area contributed by atoms with Crippen molar-refractivity contribution in [3.8, 4) is 0 Å². The van der Waals surface area contributed by atoms with Gasteiger partial charge in [0.1, 0.15) is 0 Å². The maximum Gasteiger partial charge on any atom is 0.163 e. The minimum atomic E-state index is 0.297. The summed E-state index contributed by atoms with van der Waals surface area (Å²) in [7, 11) is 0. The van der Waals surface area contributed by atoms with Crippen LogP contribution in [0.4, 0.5) is 0 Å². The van der Waals surface area contributed by atoms with E-state index in [4.69, 9.17) is 0 Å². The standard InChI is InChI=1S/C15H21IO/c1-2-3-4-5-6-7-12-15(17)13-10-8-9-11-14(13)16/h8-11H,2-7,12H2,1H3. The van der Waals surface area contributed by atoms with Gasteiger partial charge in [0.25, 0.3) is 0 Å². The first-order valence-corrected chi connectivity index (χ1v) is 7.61. The first-order valence-electron chi connectivity index (χ1n) is 6.53. The van der Waals surface area contributed by atoms with E-state index in [1.807, 2.05) is 24.3 Å². The van der Waals surface area contributed by atoms with Crippen LogP contribution in [0.15, 0.2) is 24.3 Å². The van der Waals surface area contributed by atoms with Crippen molar-refractivity contribution in [2.45, 2.75) is 51.9 Å². The highest BCUT2D eigenvalue weighted by Crippen LogP contribution is 2.15. The van der Waals surface area contributed by atoms with E-state index < -0.39 is 0 Å². The van der Waals surface area contributed by atoms with E-state index in [0.29, 0.717) is 12.2 Å². The Kier molecular flexibility index (Phi) is 7.49. The molecule has 0 aromatic heterocycles. The normalized spacial score (nSPS) is 10.5. The van der Waals surface area contributed by atoms with E-state index in [-0.39, 0.29) is 0 Å². The molecule has 0 radical (unpaired) electrons. The number of unbranched alkanes of at least 4 members (excludes halogenated alkanes) is 5. The summed E-state index contributed by atoms with van der Waals surface area (Å²) >= 11 is 2.23. The van der Waals surface area contributed by atoms with Gasteiger partial charge < -0.3 is 0 Å². The van der Waals surface area contributed by atoms with Crippen molar-refractivity contribution in [3.05, 3.63) is 33.4 Å². The molecular weight excluding hydrogens is 323 g/mol. The molecular formula is C15H21IO. The molecule has 0 saturated heterocycles. The summed E-state index contributed by atoms with van der Waals surface area (Å²) in [5, 5.41) is 0. The van der Waals surface area contributed by atoms with Crippen molar-refractivity contribution >= 4 is 28.4 Å². The van der Waals surface area contributed by atoms with Crippen LogP contribution < -0.4 is 0 Å². The highest BCUT2D eigenvalue weighted by Gasteiger charge is 2.08. The molecule has 0 aliphatic carbocycles. The average molecular weight is 344 g/mol. The number of hydrogen-bond donors (Lipinski definition) is 0. The molecule has 0 N–H and O–H groups in total. The van der Waals surface area contributed by atoms with Gasteiger partial charge in [-0.15, -0.1) is 0 Å². The topological polar surface area (TPSA) is 17.1 Å². The summed E-state index contributed by atoms with van der Waals surface area (Å²) in [5.74, 6) is 0.297. The Morgan fingerprint density at radius 3 is 2.41 bits per heavy atom. The maximum atomic E-state index is 11.9. The molecule has 1 aromatic rings. The van der Waals surface area contributed by atoms with Crippen molar-refractivity contribution in [2.75, 3.05) is 0 Å². The van der Waals surface area contributed by atoms with E-state index >= 15 is 0 Å². The summed E-state index contributed by atoms with van der Waals surface area (Å²) in [6.07, 6.45) is 8.11. The molecule has 1 aromatic carbocycles. The van der Waals surface area contributed by atoms with E-state index in [1.54, 1.807) is 0 Å². The van der Waals surface area contributed by atoms with Crippen LogP contribution in [-0.4, -0.2) is 5.78 Å². The second kappa shape index (κ2) is 8.67. The molecule has 0 amide bonds. The summed E-state index contributed by atoms with van der Waals surface area (Å²) in [6.45, 7) is 2.22. The summed E-state index contributed by atoms with van der Waals surface area (Å²) in [5.41, 5.74) is 0.890. The quantitative estimate of drug-likeness (QED) is 0.359. The first-order chi connectivity index (χ1) is 8.25. The molecule has 0 atom stereocenters. The third kappa shape index (κ3) is 5.66. The molecule has 94 valence electrons. The smallest absolute Gasteiger partial charge is 0.163 e. The van der Waals surface area contributed by atoms with E-state index in [2.05, 4.69) is 29.5 Å². The molecule has 0 unspecified atom stereocenters. The first kappa shape index (κ1) is 14.7. The van der Waals surface area contributed by atoms with Crippen LogP contribution in [-0.2, 0) is 0 Å². The van der Waals surface area contributed by atoms with Crippen LogP contribution in [0.2, 0.25) is 0 Å². The van der Waals surface area contributed by atoms with Gasteiger partial charge in [0.2, 0.25) is 0 Å². The molecule has 0 spiro atoms. The lowest BCUT2D eigenvalue weighted by molar-refractivity contribution is 0.0978. The Morgan fingerprint density at radius 2 is 1.71 bits per heavy atom. The zero-order valence-corrected chi connectivity index (χ0v) is 12.7. The van der Waals surface area contributed by atoms with Crippen molar-refractivity contribution in [1.29, 1.82) is 0 Å². The van der Waals surface area contributed by atoms with Gasteiger partial charge in [0.05, 0.1) is 0 Å². The number of benzene rings is 1. The fourth-order valence-electron chi connectivity index (χ4n) is 1.89. The number of ketones is 1. The van der Waals surface area contributed by atoms with Crippen LogP contribution in [0.5, 0.6) is 0 Å². The van der Waals surface area contributed by atoms with Gasteiger partial charge in [-0.3, -0.25) is 4.79 Å². The third-order valence-electron chi connectivity index (χ3n) is 2.93. The Morgan fingerprint density at radius 1 is 1.06 bits per heavy atom. The number of rotatable bonds is 8. The predicted molar refractivity (Wildman–Crippen MR) is 81.5 cm³/mol. The van der Waals surface area contributed by atoms with Gasteiger partial charge >= 0.3 is 0 Å². The van der Waals surface area contributed by atoms with Gasteiger partial charge in [-0.05, 0) is 35.1 Å². The van der Waals surface area contributed by atoms with Crippen molar-refractivity contribution < 1.29 is 4.79 Å². The highest BCUT2D eigenvalue weighted by molar-refractivity contribution is 14.1. The van der Waals surface area contributed by atoms with Gasteiger partial charge in [0, 0.05) is 15.6 Å². The lowest BCUT2D eigenvalue weighted by atomic mass is 10.0. The molecule has 0 aliphatic rings. The number of halogens is 1. The molecule has 0 aliphatic heterocycles. The zero-order chi connectivity index (χ0) is 12.5. The molecule has 1 rings (SSSR count). The third-order valence-corrected chi connectivity index (χ3v) is 3.87. The van der Waals surface area contributed by atoms with Crippen LogP contribution in [0.1, 0.15) is 62.2 Å². The van der Waals surface area contributed by atoms with Crippen molar-refractivity contribution in [3.63, 3.8) is 0 Å². The number of Topliss-reactive ketones (excluding diaryl/α,β-unsaturated/α-hetero) is 1. The van der Waals surface area contributed by atoms with Crippen LogP contribution in [0, 0.1) is 3.57 Å². The SMILES string of the molecule is CCCCCCCCC(=O)c1ccccc1I. The van der Waals surface area contributed by atoms with Crippen LogP contribution >= 0.6 is 22.6 Å². The monoisotopic (exact) mass is 344 g/mol. The second-order valence-corrected chi connectivity index (χ2v) is 5.58. The van der Waals surface area contributed by atoms with Crippen molar-refractivity contribution in [2.24, 2.45) is 0 Å². The average Bonchev–Trinajstić information content (AvgIpc) is 2.34. The second-order valence-electron chi connectivity index (χ2n) is 4.42. The fraction of sp³-hybridized carbons (Fsp3) is 0.533.